The number of carbonyl (C=O) groups excluding carboxylic acids is 2. The van der Waals surface area contributed by atoms with Gasteiger partial charge in [0.2, 0.25) is 0 Å². The van der Waals surface area contributed by atoms with E-state index < -0.39 is 6.10 Å². The summed E-state index contributed by atoms with van der Waals surface area (Å²) in [6.07, 6.45) is 87.7. The normalized spacial score (nSPS) is 13.2. The third kappa shape index (κ3) is 58.6. The SMILES string of the molecule is CC/C=C\C/C=C\C/C=C\C/C=C\C/C=C\CCCCCCOCC(COC(=O)CCCCCCCCCCC/C=C\CCCCCCCC)OC(=O)CCC/C=C\C/C=C\C/C=C\C/C=C\C/C=C\CC. The molecule has 1 atom stereocenters. The van der Waals surface area contributed by atoms with Crippen molar-refractivity contribution in [3.63, 3.8) is 0 Å². The van der Waals surface area contributed by atoms with E-state index >= 15 is 0 Å². The molecular weight excluding hydrogens is 885 g/mol. The highest BCUT2D eigenvalue weighted by Crippen LogP contribution is 2.14. The van der Waals surface area contributed by atoms with Gasteiger partial charge in [0.05, 0.1) is 6.61 Å². The number of hydrogen-bond acceptors (Lipinski definition) is 5. The van der Waals surface area contributed by atoms with E-state index in [1.54, 1.807) is 0 Å². The second kappa shape index (κ2) is 61.3. The Bertz CT molecular complexity index is 1500. The Morgan fingerprint density at radius 3 is 1.06 bits per heavy atom. The minimum absolute atomic E-state index is 0.0432. The van der Waals surface area contributed by atoms with E-state index in [4.69, 9.17) is 14.2 Å². The first kappa shape index (κ1) is 68.0. The molecule has 0 radical (unpaired) electrons. The zero-order valence-corrected chi connectivity index (χ0v) is 46.9. The van der Waals surface area contributed by atoms with E-state index in [1.807, 2.05) is 0 Å². The van der Waals surface area contributed by atoms with Crippen molar-refractivity contribution < 1.29 is 23.8 Å². The van der Waals surface area contributed by atoms with Crippen LogP contribution in [0.1, 0.15) is 252 Å². The Morgan fingerprint density at radius 2 is 0.639 bits per heavy atom. The van der Waals surface area contributed by atoms with Gasteiger partial charge in [0.25, 0.3) is 0 Å². The molecule has 0 rings (SSSR count). The molecular formula is C67H110O5. The third-order valence-corrected chi connectivity index (χ3v) is 12.2. The first-order chi connectivity index (χ1) is 35.6. The number of ether oxygens (including phenoxy) is 3. The molecule has 0 saturated heterocycles. The van der Waals surface area contributed by atoms with Crippen LogP contribution in [0.15, 0.2) is 134 Å². The lowest BCUT2D eigenvalue weighted by Crippen LogP contribution is -2.30. The Labute approximate surface area is 445 Å². The van der Waals surface area contributed by atoms with Crippen LogP contribution in [0.5, 0.6) is 0 Å². The van der Waals surface area contributed by atoms with Gasteiger partial charge < -0.3 is 14.2 Å². The maximum atomic E-state index is 12.9. The molecule has 0 heterocycles. The van der Waals surface area contributed by atoms with E-state index in [0.717, 1.165) is 122 Å². The van der Waals surface area contributed by atoms with Crippen LogP contribution in [0.3, 0.4) is 0 Å². The van der Waals surface area contributed by atoms with Gasteiger partial charge in [-0.1, -0.05) is 244 Å². The molecule has 0 spiro atoms. The molecule has 0 saturated carbocycles. The number of carbonyl (C=O) groups is 2. The smallest absolute Gasteiger partial charge is 0.306 e. The maximum absolute atomic E-state index is 12.9. The minimum atomic E-state index is -0.591. The fourth-order valence-corrected chi connectivity index (χ4v) is 7.80. The number of esters is 2. The molecule has 1 unspecified atom stereocenters. The molecule has 5 heteroatoms. The van der Waals surface area contributed by atoms with Gasteiger partial charge in [0, 0.05) is 19.4 Å². The van der Waals surface area contributed by atoms with Gasteiger partial charge in [0.15, 0.2) is 6.10 Å². The fourth-order valence-electron chi connectivity index (χ4n) is 7.80. The van der Waals surface area contributed by atoms with E-state index in [9.17, 15) is 9.59 Å². The first-order valence-electron chi connectivity index (χ1n) is 29.7. The summed E-state index contributed by atoms with van der Waals surface area (Å²) in [5.74, 6) is -0.485. The van der Waals surface area contributed by atoms with Crippen molar-refractivity contribution in [2.24, 2.45) is 0 Å². The summed E-state index contributed by atoms with van der Waals surface area (Å²) >= 11 is 0. The Kier molecular flexibility index (Phi) is 58.0. The van der Waals surface area contributed by atoms with E-state index in [1.165, 1.54) is 89.9 Å². The summed E-state index contributed by atoms with van der Waals surface area (Å²) in [4.78, 5) is 25.5. The number of hydrogen-bond donors (Lipinski definition) is 0. The molecule has 0 aromatic heterocycles. The van der Waals surface area contributed by atoms with Crippen molar-refractivity contribution in [3.05, 3.63) is 134 Å². The summed E-state index contributed by atoms with van der Waals surface area (Å²) < 4.78 is 17.4. The Hall–Kier alpha value is -3.96. The second-order valence-corrected chi connectivity index (χ2v) is 19.1. The topological polar surface area (TPSA) is 61.8 Å². The van der Waals surface area contributed by atoms with Crippen LogP contribution in [-0.2, 0) is 23.8 Å². The monoisotopic (exact) mass is 995 g/mol. The highest BCUT2D eigenvalue weighted by molar-refractivity contribution is 5.70. The fraction of sp³-hybridized carbons (Fsp3) is 0.642. The summed E-state index contributed by atoms with van der Waals surface area (Å²) in [6.45, 7) is 7.48. The highest BCUT2D eigenvalue weighted by Gasteiger charge is 2.17. The van der Waals surface area contributed by atoms with Gasteiger partial charge in [-0.25, -0.2) is 0 Å². The minimum Gasteiger partial charge on any atom is -0.462 e. The molecule has 0 bridgehead atoms. The highest BCUT2D eigenvalue weighted by atomic mass is 16.6. The van der Waals surface area contributed by atoms with Gasteiger partial charge >= 0.3 is 11.9 Å². The van der Waals surface area contributed by atoms with Crippen LogP contribution >= 0.6 is 0 Å². The van der Waals surface area contributed by atoms with Crippen molar-refractivity contribution in [2.45, 2.75) is 258 Å². The molecule has 0 aromatic carbocycles. The molecule has 5 nitrogen and oxygen atoms in total. The number of allylic oxidation sites excluding steroid dienone is 22. The molecule has 0 aliphatic heterocycles. The predicted octanol–water partition coefficient (Wildman–Crippen LogP) is 20.7. The molecule has 0 fully saturated rings. The van der Waals surface area contributed by atoms with Crippen LogP contribution in [-0.4, -0.2) is 37.9 Å². The molecule has 72 heavy (non-hydrogen) atoms. The van der Waals surface area contributed by atoms with E-state index in [0.29, 0.717) is 25.9 Å². The Morgan fingerprint density at radius 1 is 0.319 bits per heavy atom. The predicted molar refractivity (Wildman–Crippen MR) is 315 cm³/mol. The molecule has 0 N–H and O–H groups in total. The summed E-state index contributed by atoms with van der Waals surface area (Å²) in [5, 5.41) is 0. The van der Waals surface area contributed by atoms with Crippen molar-refractivity contribution >= 4 is 11.9 Å². The summed E-state index contributed by atoms with van der Waals surface area (Å²) in [5.41, 5.74) is 0. The molecule has 0 aliphatic carbocycles. The number of rotatable bonds is 53. The second-order valence-electron chi connectivity index (χ2n) is 19.1. The van der Waals surface area contributed by atoms with Gasteiger partial charge in [0.1, 0.15) is 6.61 Å². The van der Waals surface area contributed by atoms with Crippen LogP contribution < -0.4 is 0 Å². The molecule has 0 amide bonds. The molecule has 0 aliphatic rings. The van der Waals surface area contributed by atoms with Crippen LogP contribution in [0.2, 0.25) is 0 Å². The Balaban J connectivity index is 4.44. The number of unbranched alkanes of at least 4 members (excludes halogenated alkanes) is 20. The zero-order chi connectivity index (χ0) is 52.0. The molecule has 0 aromatic rings. The van der Waals surface area contributed by atoms with E-state index in [2.05, 4.69) is 154 Å². The molecule has 408 valence electrons. The van der Waals surface area contributed by atoms with Gasteiger partial charge in [-0.15, -0.1) is 0 Å². The lowest BCUT2D eigenvalue weighted by atomic mass is 10.1. The van der Waals surface area contributed by atoms with Gasteiger partial charge in [-0.3, -0.25) is 9.59 Å². The quantitative estimate of drug-likeness (QED) is 0.0345. The third-order valence-electron chi connectivity index (χ3n) is 12.2. The van der Waals surface area contributed by atoms with Crippen LogP contribution in [0.4, 0.5) is 0 Å². The summed E-state index contributed by atoms with van der Waals surface area (Å²) in [7, 11) is 0. The zero-order valence-electron chi connectivity index (χ0n) is 46.9. The van der Waals surface area contributed by atoms with Crippen molar-refractivity contribution in [1.82, 2.24) is 0 Å². The van der Waals surface area contributed by atoms with Crippen LogP contribution in [0, 0.1) is 0 Å². The standard InChI is InChI=1S/C67H110O5/c1-4-7-10-13-16-19-22-25-28-31-33-35-38-41-44-47-50-53-56-59-62-70-63-65(72-67(69)61-58-55-52-49-46-43-40-36-30-27-24-21-18-15-12-9-6-3)64-71-66(68)60-57-54-51-48-45-42-39-37-34-32-29-26-23-20-17-14-11-8-5-2/h7,9-10,12,16,18-19,21,25-30,33,35,40-41,43-44,49,52,65H,4-6,8,11,13-15,17,20,22-24,31-32,34,36-39,42,45-48,50-51,53-64H2,1-3H3/b10-7-,12-9-,19-16-,21-18-,28-25-,29-26-,30-27-,35-33-,43-40-,44-41-,52-49-. The average molecular weight is 996 g/mol. The summed E-state index contributed by atoms with van der Waals surface area (Å²) in [6, 6.07) is 0. The van der Waals surface area contributed by atoms with Crippen molar-refractivity contribution in [3.8, 4) is 0 Å². The lowest BCUT2D eigenvalue weighted by molar-refractivity contribution is -0.162. The largest absolute Gasteiger partial charge is 0.462 e. The van der Waals surface area contributed by atoms with Gasteiger partial charge in [-0.05, 0) is 128 Å². The average Bonchev–Trinajstić information content (AvgIpc) is 3.38. The lowest BCUT2D eigenvalue weighted by Gasteiger charge is -2.18. The maximum Gasteiger partial charge on any atom is 0.306 e. The van der Waals surface area contributed by atoms with Crippen molar-refractivity contribution in [1.29, 1.82) is 0 Å². The van der Waals surface area contributed by atoms with Gasteiger partial charge in [-0.2, -0.15) is 0 Å². The van der Waals surface area contributed by atoms with Crippen LogP contribution in [0.25, 0.3) is 0 Å². The van der Waals surface area contributed by atoms with E-state index in [-0.39, 0.29) is 25.2 Å². The van der Waals surface area contributed by atoms with Crippen molar-refractivity contribution in [2.75, 3.05) is 19.8 Å². The first-order valence-corrected chi connectivity index (χ1v) is 29.7.